The van der Waals surface area contributed by atoms with Gasteiger partial charge in [-0.3, -0.25) is 0 Å². The average Bonchev–Trinajstić information content (AvgIpc) is 2.83. The Balaban J connectivity index is 2.27. The molecule has 2 heteroatoms. The van der Waals surface area contributed by atoms with E-state index in [1.807, 2.05) is 28.7 Å². The highest BCUT2D eigenvalue weighted by molar-refractivity contribution is 7.22. The highest BCUT2D eigenvalue weighted by atomic mass is 32.1. The minimum Gasteiger partial charge on any atom is -0.140 e. The summed E-state index contributed by atoms with van der Waals surface area (Å²) in [5, 5.41) is 0. The summed E-state index contributed by atoms with van der Waals surface area (Å²) in [5.41, 5.74) is 0. The van der Waals surface area contributed by atoms with Crippen molar-refractivity contribution in [3.05, 3.63) is 52.8 Å². The topological polar surface area (TPSA) is 0 Å². The molecule has 2 aromatic rings. The largest absolute Gasteiger partial charge is 0.140 e. The van der Waals surface area contributed by atoms with Crippen molar-refractivity contribution in [3.63, 3.8) is 0 Å². The van der Waals surface area contributed by atoms with Gasteiger partial charge in [0.1, 0.15) is 0 Å². The third-order valence-corrected chi connectivity index (χ3v) is 4.25. The van der Waals surface area contributed by atoms with Crippen LogP contribution in [0, 0.1) is 6.92 Å². The van der Waals surface area contributed by atoms with Crippen LogP contribution >= 0.6 is 22.7 Å². The normalized spacial score (nSPS) is 11.0. The zero-order chi connectivity index (χ0) is 10.7. The maximum absolute atomic E-state index is 3.66. The highest BCUT2D eigenvalue weighted by Gasteiger charge is 2.02. The van der Waals surface area contributed by atoms with Crippen LogP contribution in [0.4, 0.5) is 0 Å². The van der Waals surface area contributed by atoms with Gasteiger partial charge in [0.15, 0.2) is 0 Å². The maximum Gasteiger partial charge on any atom is 0.0449 e. The number of hydrogen-bond acceptors (Lipinski definition) is 2. The first-order valence-corrected chi connectivity index (χ1v) is 6.38. The third-order valence-electron chi connectivity index (χ3n) is 2.01. The van der Waals surface area contributed by atoms with E-state index in [-0.39, 0.29) is 0 Å². The van der Waals surface area contributed by atoms with Gasteiger partial charge in [-0.15, -0.1) is 22.7 Å². The molecular formula is C13H12S2. The van der Waals surface area contributed by atoms with Gasteiger partial charge in [0.2, 0.25) is 0 Å². The molecule has 0 spiro atoms. The molecule has 76 valence electrons. The van der Waals surface area contributed by atoms with Gasteiger partial charge >= 0.3 is 0 Å². The fraction of sp³-hybridized carbons (Fsp3) is 0.0769. The summed E-state index contributed by atoms with van der Waals surface area (Å²) in [5.74, 6) is 0. The lowest BCUT2D eigenvalue weighted by atomic mass is 10.3. The molecule has 0 aliphatic rings. The summed E-state index contributed by atoms with van der Waals surface area (Å²) in [6.45, 7) is 5.80. The van der Waals surface area contributed by atoms with Crippen LogP contribution in [0.15, 0.2) is 43.0 Å². The van der Waals surface area contributed by atoms with Crippen LogP contribution in [0.5, 0.6) is 0 Å². The van der Waals surface area contributed by atoms with Crippen molar-refractivity contribution in [1.29, 1.82) is 0 Å². The molecule has 0 radical (unpaired) electrons. The smallest absolute Gasteiger partial charge is 0.0449 e. The predicted octanol–water partition coefficient (Wildman–Crippen LogP) is 4.98. The van der Waals surface area contributed by atoms with Crippen molar-refractivity contribution >= 4 is 28.7 Å². The monoisotopic (exact) mass is 232 g/mol. The van der Waals surface area contributed by atoms with E-state index < -0.39 is 0 Å². The van der Waals surface area contributed by atoms with E-state index in [4.69, 9.17) is 0 Å². The number of allylic oxidation sites excluding steroid dienone is 2. The van der Waals surface area contributed by atoms with Crippen LogP contribution in [0.1, 0.15) is 9.75 Å². The molecular weight excluding hydrogens is 220 g/mol. The molecule has 0 N–H and O–H groups in total. The summed E-state index contributed by atoms with van der Waals surface area (Å²) >= 11 is 3.66. The Morgan fingerprint density at radius 2 is 1.80 bits per heavy atom. The van der Waals surface area contributed by atoms with Crippen molar-refractivity contribution in [1.82, 2.24) is 0 Å². The maximum atomic E-state index is 3.66. The second-order valence-electron chi connectivity index (χ2n) is 3.21. The zero-order valence-electron chi connectivity index (χ0n) is 8.57. The number of rotatable bonds is 3. The molecule has 0 aliphatic carbocycles. The van der Waals surface area contributed by atoms with Crippen molar-refractivity contribution in [2.24, 2.45) is 0 Å². The van der Waals surface area contributed by atoms with E-state index in [0.717, 1.165) is 0 Å². The Morgan fingerprint density at radius 3 is 2.47 bits per heavy atom. The van der Waals surface area contributed by atoms with Crippen molar-refractivity contribution in [2.75, 3.05) is 0 Å². The number of aryl methyl sites for hydroxylation is 1. The minimum absolute atomic E-state index is 1.27. The SMILES string of the molecule is C=CC=Cc1ccc(-c2ccc(C)s2)s1. The van der Waals surface area contributed by atoms with Crippen LogP contribution in [-0.2, 0) is 0 Å². The van der Waals surface area contributed by atoms with E-state index in [9.17, 15) is 0 Å². The zero-order valence-corrected chi connectivity index (χ0v) is 10.2. The van der Waals surface area contributed by atoms with Gasteiger partial charge in [-0.1, -0.05) is 18.7 Å². The van der Waals surface area contributed by atoms with Crippen LogP contribution in [0.3, 0.4) is 0 Å². The van der Waals surface area contributed by atoms with Gasteiger partial charge in [-0.2, -0.15) is 0 Å². The molecule has 0 saturated heterocycles. The first-order valence-electron chi connectivity index (χ1n) is 4.75. The fourth-order valence-corrected chi connectivity index (χ4v) is 3.18. The summed E-state index contributed by atoms with van der Waals surface area (Å²) < 4.78 is 0. The minimum atomic E-state index is 1.27. The highest BCUT2D eigenvalue weighted by Crippen LogP contribution is 2.33. The lowest BCUT2D eigenvalue weighted by Gasteiger charge is -1.87. The predicted molar refractivity (Wildman–Crippen MR) is 71.6 cm³/mol. The summed E-state index contributed by atoms with van der Waals surface area (Å²) in [4.78, 5) is 5.34. The quantitative estimate of drug-likeness (QED) is 0.654. The van der Waals surface area contributed by atoms with E-state index in [1.54, 1.807) is 6.08 Å². The van der Waals surface area contributed by atoms with E-state index in [1.165, 1.54) is 19.5 Å². The van der Waals surface area contributed by atoms with Crippen molar-refractivity contribution < 1.29 is 0 Å². The van der Waals surface area contributed by atoms with Gasteiger partial charge in [0.05, 0.1) is 0 Å². The van der Waals surface area contributed by atoms with E-state index >= 15 is 0 Å². The molecule has 0 unspecified atom stereocenters. The molecule has 0 bridgehead atoms. The van der Waals surface area contributed by atoms with E-state index in [0.29, 0.717) is 0 Å². The molecule has 0 amide bonds. The lowest BCUT2D eigenvalue weighted by Crippen LogP contribution is -1.56. The molecule has 0 aromatic carbocycles. The molecule has 2 rings (SSSR count). The number of thiophene rings is 2. The summed E-state index contributed by atoms with van der Waals surface area (Å²) in [7, 11) is 0. The van der Waals surface area contributed by atoms with E-state index in [2.05, 4.69) is 43.8 Å². The Kier molecular flexibility index (Phi) is 3.19. The average molecular weight is 232 g/mol. The van der Waals surface area contributed by atoms with Crippen LogP contribution in [-0.4, -0.2) is 0 Å². The van der Waals surface area contributed by atoms with Crippen LogP contribution in [0.2, 0.25) is 0 Å². The summed E-state index contributed by atoms with van der Waals surface area (Å²) in [6.07, 6.45) is 5.85. The molecule has 0 aliphatic heterocycles. The van der Waals surface area contributed by atoms with Gasteiger partial charge in [0.25, 0.3) is 0 Å². The summed E-state index contributed by atoms with van der Waals surface area (Å²) in [6, 6.07) is 8.68. The van der Waals surface area contributed by atoms with Gasteiger partial charge in [-0.05, 0) is 37.3 Å². The fourth-order valence-electron chi connectivity index (χ4n) is 1.30. The van der Waals surface area contributed by atoms with Gasteiger partial charge in [0, 0.05) is 19.5 Å². The van der Waals surface area contributed by atoms with Crippen LogP contribution in [0.25, 0.3) is 15.8 Å². The Bertz CT molecular complexity index is 486. The van der Waals surface area contributed by atoms with Crippen molar-refractivity contribution in [3.8, 4) is 9.75 Å². The second kappa shape index (κ2) is 4.60. The standard InChI is InChI=1S/C13H12S2/c1-3-4-5-11-7-9-13(15-11)12-8-6-10(2)14-12/h3-9H,1H2,2H3. The molecule has 0 nitrogen and oxygen atoms in total. The molecule has 0 saturated carbocycles. The molecule has 2 heterocycles. The van der Waals surface area contributed by atoms with Gasteiger partial charge in [-0.25, -0.2) is 0 Å². The molecule has 0 atom stereocenters. The first kappa shape index (κ1) is 10.4. The lowest BCUT2D eigenvalue weighted by molar-refractivity contribution is 1.64. The molecule has 15 heavy (non-hydrogen) atoms. The Hall–Kier alpha value is -1.12. The molecule has 2 aromatic heterocycles. The Morgan fingerprint density at radius 1 is 1.07 bits per heavy atom. The van der Waals surface area contributed by atoms with Crippen molar-refractivity contribution in [2.45, 2.75) is 6.92 Å². The third kappa shape index (κ3) is 2.46. The number of hydrogen-bond donors (Lipinski definition) is 0. The van der Waals surface area contributed by atoms with Gasteiger partial charge < -0.3 is 0 Å². The Labute approximate surface area is 98.2 Å². The second-order valence-corrected chi connectivity index (χ2v) is 5.61. The van der Waals surface area contributed by atoms with Crippen LogP contribution < -0.4 is 0 Å². The molecule has 0 fully saturated rings. The first-order chi connectivity index (χ1) is 7.29.